The van der Waals surface area contributed by atoms with E-state index in [-0.39, 0.29) is 0 Å². The van der Waals surface area contributed by atoms with Crippen LogP contribution in [0.1, 0.15) is 0 Å². The van der Waals surface area contributed by atoms with E-state index >= 15 is 0 Å². The number of rotatable bonds is 2. The number of benzene rings is 2. The second kappa shape index (κ2) is 5.56. The van der Waals surface area contributed by atoms with Crippen molar-refractivity contribution in [1.82, 2.24) is 19.1 Å². The summed E-state index contributed by atoms with van der Waals surface area (Å²) in [5.74, 6) is 0.881. The third kappa shape index (κ3) is 2.15. The number of nitrogens with zero attached hydrogens (tertiary/aromatic N) is 4. The quantitative estimate of drug-likeness (QED) is 0.464. The summed E-state index contributed by atoms with van der Waals surface area (Å²) in [6.07, 6.45) is 0. The molecular weight excluding hydrogens is 320 g/mol. The molecule has 0 saturated heterocycles. The number of imidazole rings is 1. The Morgan fingerprint density at radius 2 is 1.38 bits per heavy atom. The van der Waals surface area contributed by atoms with E-state index in [1.807, 2.05) is 31.3 Å². The number of hydrogen-bond acceptors (Lipinski definition) is 2. The van der Waals surface area contributed by atoms with Crippen molar-refractivity contribution in [3.8, 4) is 22.9 Å². The standard InChI is InChI=1S/C22H18N4/c1-25-19-12-5-3-8-15(19)14-21(25)17-10-7-11-18(23-17)22-24-16-9-4-6-13-20(16)26(22)2/h3-14H,1-2H3. The number of pyridine rings is 1. The Kier molecular flexibility index (Phi) is 3.19. The van der Waals surface area contributed by atoms with E-state index in [9.17, 15) is 0 Å². The minimum absolute atomic E-state index is 0.881. The lowest BCUT2D eigenvalue weighted by Crippen LogP contribution is -1.98. The van der Waals surface area contributed by atoms with Crippen molar-refractivity contribution in [2.45, 2.75) is 0 Å². The van der Waals surface area contributed by atoms with E-state index in [1.54, 1.807) is 0 Å². The molecule has 0 atom stereocenters. The van der Waals surface area contributed by atoms with E-state index in [0.29, 0.717) is 0 Å². The van der Waals surface area contributed by atoms with E-state index < -0.39 is 0 Å². The molecule has 0 aliphatic rings. The third-order valence-corrected chi connectivity index (χ3v) is 4.98. The van der Waals surface area contributed by atoms with Gasteiger partial charge in [-0.2, -0.15) is 0 Å². The van der Waals surface area contributed by atoms with Gasteiger partial charge in [0.15, 0.2) is 5.82 Å². The lowest BCUT2D eigenvalue weighted by atomic mass is 10.2. The molecule has 3 aromatic heterocycles. The number of aryl methyl sites for hydroxylation is 2. The SMILES string of the molecule is Cn1c(-c2cccc(-c3nc4ccccc4n3C)n2)cc2ccccc21. The predicted octanol–water partition coefficient (Wildman–Crippen LogP) is 4.79. The normalized spacial score (nSPS) is 11.5. The zero-order chi connectivity index (χ0) is 17.7. The van der Waals surface area contributed by atoms with Crippen molar-refractivity contribution in [3.05, 3.63) is 72.8 Å². The van der Waals surface area contributed by atoms with Crippen LogP contribution >= 0.6 is 0 Å². The largest absolute Gasteiger partial charge is 0.342 e. The summed E-state index contributed by atoms with van der Waals surface area (Å²) in [5, 5.41) is 1.22. The van der Waals surface area contributed by atoms with Gasteiger partial charge in [-0.15, -0.1) is 0 Å². The first-order valence-electron chi connectivity index (χ1n) is 8.66. The molecule has 0 radical (unpaired) electrons. The molecule has 0 unspecified atom stereocenters. The molecule has 5 aromatic rings. The monoisotopic (exact) mass is 338 g/mol. The van der Waals surface area contributed by atoms with Crippen molar-refractivity contribution in [2.24, 2.45) is 14.1 Å². The molecule has 3 heterocycles. The Hall–Kier alpha value is -3.40. The fraction of sp³-hybridized carbons (Fsp3) is 0.0909. The van der Waals surface area contributed by atoms with Crippen LogP contribution in [0.15, 0.2) is 72.8 Å². The van der Waals surface area contributed by atoms with Crippen LogP contribution in [0.3, 0.4) is 0 Å². The highest BCUT2D eigenvalue weighted by Gasteiger charge is 2.13. The summed E-state index contributed by atoms with van der Waals surface area (Å²) in [6, 6.07) is 24.9. The molecule has 26 heavy (non-hydrogen) atoms. The summed E-state index contributed by atoms with van der Waals surface area (Å²) in [7, 11) is 4.12. The summed E-state index contributed by atoms with van der Waals surface area (Å²) in [4.78, 5) is 9.70. The van der Waals surface area contributed by atoms with Crippen molar-refractivity contribution < 1.29 is 0 Å². The molecule has 0 N–H and O–H groups in total. The molecule has 0 fully saturated rings. The number of aromatic nitrogens is 4. The van der Waals surface area contributed by atoms with Gasteiger partial charge in [0, 0.05) is 25.0 Å². The van der Waals surface area contributed by atoms with E-state index in [1.165, 1.54) is 10.9 Å². The Morgan fingerprint density at radius 1 is 0.654 bits per heavy atom. The van der Waals surface area contributed by atoms with Crippen LogP contribution in [0.2, 0.25) is 0 Å². The van der Waals surface area contributed by atoms with Gasteiger partial charge in [0.2, 0.25) is 0 Å². The second-order valence-electron chi connectivity index (χ2n) is 6.54. The van der Waals surface area contributed by atoms with Gasteiger partial charge in [0.05, 0.1) is 22.4 Å². The zero-order valence-electron chi connectivity index (χ0n) is 14.7. The van der Waals surface area contributed by atoms with Crippen LogP contribution in [0.25, 0.3) is 44.8 Å². The molecule has 0 spiro atoms. The number of para-hydroxylation sites is 3. The molecule has 5 rings (SSSR count). The Labute approximate surface area is 151 Å². The Morgan fingerprint density at radius 3 is 2.19 bits per heavy atom. The van der Waals surface area contributed by atoms with E-state index in [4.69, 9.17) is 9.97 Å². The van der Waals surface area contributed by atoms with Crippen LogP contribution in [-0.2, 0) is 14.1 Å². The molecule has 0 amide bonds. The van der Waals surface area contributed by atoms with Gasteiger partial charge < -0.3 is 9.13 Å². The second-order valence-corrected chi connectivity index (χ2v) is 6.54. The van der Waals surface area contributed by atoms with Gasteiger partial charge in [-0.25, -0.2) is 9.97 Å². The van der Waals surface area contributed by atoms with Crippen LogP contribution in [-0.4, -0.2) is 19.1 Å². The van der Waals surface area contributed by atoms with Crippen LogP contribution in [0.5, 0.6) is 0 Å². The van der Waals surface area contributed by atoms with Crippen molar-refractivity contribution in [3.63, 3.8) is 0 Å². The fourth-order valence-electron chi connectivity index (χ4n) is 3.61. The predicted molar refractivity (Wildman–Crippen MR) is 106 cm³/mol. The molecule has 0 bridgehead atoms. The van der Waals surface area contributed by atoms with Crippen LogP contribution in [0.4, 0.5) is 0 Å². The molecule has 4 heteroatoms. The smallest absolute Gasteiger partial charge is 0.159 e. The number of hydrogen-bond donors (Lipinski definition) is 0. The van der Waals surface area contributed by atoms with Gasteiger partial charge in [0.25, 0.3) is 0 Å². The highest BCUT2D eigenvalue weighted by molar-refractivity contribution is 5.86. The van der Waals surface area contributed by atoms with E-state index in [0.717, 1.165) is 33.9 Å². The number of fused-ring (bicyclic) bond motifs is 2. The van der Waals surface area contributed by atoms with Gasteiger partial charge in [-0.1, -0.05) is 36.4 Å². The van der Waals surface area contributed by atoms with E-state index in [2.05, 4.69) is 64.7 Å². The molecule has 126 valence electrons. The first kappa shape index (κ1) is 14.9. The first-order valence-corrected chi connectivity index (χ1v) is 8.66. The van der Waals surface area contributed by atoms with Gasteiger partial charge in [0.1, 0.15) is 5.69 Å². The Bertz CT molecular complexity index is 1160. The highest BCUT2D eigenvalue weighted by Crippen LogP contribution is 2.28. The lowest BCUT2D eigenvalue weighted by molar-refractivity contribution is 0.945. The van der Waals surface area contributed by atoms with Crippen LogP contribution < -0.4 is 0 Å². The van der Waals surface area contributed by atoms with Crippen molar-refractivity contribution >= 4 is 21.9 Å². The summed E-state index contributed by atoms with van der Waals surface area (Å²) in [6.45, 7) is 0. The molecular formula is C22H18N4. The Balaban J connectivity index is 1.69. The fourth-order valence-corrected chi connectivity index (χ4v) is 3.61. The van der Waals surface area contributed by atoms with Gasteiger partial charge >= 0.3 is 0 Å². The maximum Gasteiger partial charge on any atom is 0.159 e. The molecule has 4 nitrogen and oxygen atoms in total. The topological polar surface area (TPSA) is 35.6 Å². The molecule has 0 aliphatic carbocycles. The molecule has 2 aromatic carbocycles. The minimum Gasteiger partial charge on any atom is -0.342 e. The van der Waals surface area contributed by atoms with Gasteiger partial charge in [-0.05, 0) is 36.4 Å². The first-order chi connectivity index (χ1) is 12.7. The minimum atomic E-state index is 0.881. The average Bonchev–Trinajstić information content (AvgIpc) is 3.20. The molecule has 0 saturated carbocycles. The van der Waals surface area contributed by atoms with Crippen molar-refractivity contribution in [1.29, 1.82) is 0 Å². The third-order valence-electron chi connectivity index (χ3n) is 4.98. The van der Waals surface area contributed by atoms with Crippen molar-refractivity contribution in [2.75, 3.05) is 0 Å². The summed E-state index contributed by atoms with van der Waals surface area (Å²) >= 11 is 0. The maximum absolute atomic E-state index is 4.92. The molecule has 0 aliphatic heterocycles. The average molecular weight is 338 g/mol. The highest BCUT2D eigenvalue weighted by atomic mass is 15.1. The summed E-state index contributed by atoms with van der Waals surface area (Å²) in [5.41, 5.74) is 6.24. The van der Waals surface area contributed by atoms with Gasteiger partial charge in [-0.3, -0.25) is 0 Å². The van der Waals surface area contributed by atoms with Crippen LogP contribution in [0, 0.1) is 0 Å². The zero-order valence-corrected chi connectivity index (χ0v) is 14.7. The lowest BCUT2D eigenvalue weighted by Gasteiger charge is -2.07. The maximum atomic E-state index is 4.92. The summed E-state index contributed by atoms with van der Waals surface area (Å²) < 4.78 is 4.29.